The van der Waals surface area contributed by atoms with Crippen LogP contribution in [0.25, 0.3) is 0 Å². The Bertz CT molecular complexity index is 566. The number of aromatic nitrogens is 1. The van der Waals surface area contributed by atoms with Crippen molar-refractivity contribution in [3.8, 4) is 0 Å². The predicted octanol–water partition coefficient (Wildman–Crippen LogP) is 2.91. The second-order valence-electron chi connectivity index (χ2n) is 5.73. The molecule has 2 unspecified atom stereocenters. The van der Waals surface area contributed by atoms with Gasteiger partial charge in [-0.15, -0.1) is 0 Å². The molecule has 2 heterocycles. The van der Waals surface area contributed by atoms with E-state index >= 15 is 0 Å². The lowest BCUT2D eigenvalue weighted by molar-refractivity contribution is 0.109. The van der Waals surface area contributed by atoms with Gasteiger partial charge in [-0.3, -0.25) is 4.90 Å². The maximum Gasteiger partial charge on any atom is 0.208 e. The Morgan fingerprint density at radius 3 is 2.81 bits per heavy atom. The van der Waals surface area contributed by atoms with Gasteiger partial charge in [0, 0.05) is 25.2 Å². The van der Waals surface area contributed by atoms with E-state index in [1.807, 2.05) is 6.92 Å². The molecule has 1 aromatic carbocycles. The predicted molar refractivity (Wildman–Crippen MR) is 82.9 cm³/mol. The summed E-state index contributed by atoms with van der Waals surface area (Å²) in [4.78, 5) is 6.84. The van der Waals surface area contributed by atoms with Crippen LogP contribution in [0.1, 0.15) is 36.6 Å². The highest BCUT2D eigenvalue weighted by Crippen LogP contribution is 2.26. The molecule has 0 radical (unpaired) electrons. The van der Waals surface area contributed by atoms with Crippen LogP contribution in [0, 0.1) is 6.92 Å². The Balaban J connectivity index is 1.80. The standard InChI is InChI=1S/C17H23N3O/c1-3-15-11-20(12-17-19-9-13(2)21-17)16(10-18-15)14-7-5-4-6-8-14/h4-9,15-16,18H,3,10-12H2,1-2H3. The first kappa shape index (κ1) is 14.3. The molecular weight excluding hydrogens is 262 g/mol. The normalized spacial score (nSPS) is 23.3. The summed E-state index contributed by atoms with van der Waals surface area (Å²) >= 11 is 0. The van der Waals surface area contributed by atoms with Crippen LogP contribution < -0.4 is 5.32 Å². The first-order valence-corrected chi connectivity index (χ1v) is 7.70. The molecule has 4 nitrogen and oxygen atoms in total. The maximum atomic E-state index is 5.67. The zero-order chi connectivity index (χ0) is 14.7. The Hall–Kier alpha value is -1.65. The fourth-order valence-corrected chi connectivity index (χ4v) is 2.98. The number of nitrogens with one attached hydrogen (secondary N) is 1. The zero-order valence-corrected chi connectivity index (χ0v) is 12.7. The molecule has 2 aromatic rings. The third kappa shape index (κ3) is 3.34. The van der Waals surface area contributed by atoms with E-state index in [0.717, 1.165) is 37.7 Å². The quantitative estimate of drug-likeness (QED) is 0.938. The lowest BCUT2D eigenvalue weighted by Gasteiger charge is -2.39. The van der Waals surface area contributed by atoms with E-state index in [1.54, 1.807) is 6.20 Å². The summed E-state index contributed by atoms with van der Waals surface area (Å²) in [7, 11) is 0. The first-order valence-electron chi connectivity index (χ1n) is 7.70. The van der Waals surface area contributed by atoms with Crippen molar-refractivity contribution >= 4 is 0 Å². The minimum absolute atomic E-state index is 0.376. The van der Waals surface area contributed by atoms with Crippen LogP contribution in [-0.4, -0.2) is 29.0 Å². The van der Waals surface area contributed by atoms with E-state index in [9.17, 15) is 0 Å². The molecule has 112 valence electrons. The Kier molecular flexibility index (Phi) is 4.36. The molecule has 1 fully saturated rings. The lowest BCUT2D eigenvalue weighted by atomic mass is 10.00. The number of nitrogens with zero attached hydrogens (tertiary/aromatic N) is 2. The van der Waals surface area contributed by atoms with Crippen molar-refractivity contribution in [3.63, 3.8) is 0 Å². The van der Waals surface area contributed by atoms with Gasteiger partial charge in [0.05, 0.1) is 12.7 Å². The van der Waals surface area contributed by atoms with Crippen LogP contribution in [0.5, 0.6) is 0 Å². The van der Waals surface area contributed by atoms with Gasteiger partial charge in [-0.2, -0.15) is 0 Å². The van der Waals surface area contributed by atoms with Crippen molar-refractivity contribution in [1.82, 2.24) is 15.2 Å². The van der Waals surface area contributed by atoms with E-state index in [0.29, 0.717) is 12.1 Å². The summed E-state index contributed by atoms with van der Waals surface area (Å²) < 4.78 is 5.67. The van der Waals surface area contributed by atoms with E-state index in [1.165, 1.54) is 5.56 Å². The van der Waals surface area contributed by atoms with Crippen LogP contribution in [0.2, 0.25) is 0 Å². The number of oxazole rings is 1. The number of hydrogen-bond acceptors (Lipinski definition) is 4. The van der Waals surface area contributed by atoms with Crippen LogP contribution in [-0.2, 0) is 6.54 Å². The van der Waals surface area contributed by atoms with Crippen molar-refractivity contribution in [1.29, 1.82) is 0 Å². The van der Waals surface area contributed by atoms with Crippen molar-refractivity contribution in [2.24, 2.45) is 0 Å². The van der Waals surface area contributed by atoms with Gasteiger partial charge in [-0.1, -0.05) is 37.3 Å². The summed E-state index contributed by atoms with van der Waals surface area (Å²) in [6, 6.07) is 11.6. The number of hydrogen-bond donors (Lipinski definition) is 1. The Morgan fingerprint density at radius 1 is 1.33 bits per heavy atom. The third-order valence-electron chi connectivity index (χ3n) is 4.18. The monoisotopic (exact) mass is 285 g/mol. The lowest BCUT2D eigenvalue weighted by Crippen LogP contribution is -2.51. The Morgan fingerprint density at radius 2 is 2.14 bits per heavy atom. The van der Waals surface area contributed by atoms with E-state index < -0.39 is 0 Å². The highest BCUT2D eigenvalue weighted by Gasteiger charge is 2.29. The molecular formula is C17H23N3O. The molecule has 21 heavy (non-hydrogen) atoms. The van der Waals surface area contributed by atoms with Gasteiger partial charge in [-0.25, -0.2) is 4.98 Å². The highest BCUT2D eigenvalue weighted by molar-refractivity contribution is 5.20. The van der Waals surface area contributed by atoms with Crippen LogP contribution >= 0.6 is 0 Å². The summed E-state index contributed by atoms with van der Waals surface area (Å²) in [6.07, 6.45) is 2.94. The fourth-order valence-electron chi connectivity index (χ4n) is 2.98. The van der Waals surface area contributed by atoms with Gasteiger partial charge in [0.1, 0.15) is 5.76 Å². The largest absolute Gasteiger partial charge is 0.445 e. The van der Waals surface area contributed by atoms with E-state index in [2.05, 4.69) is 52.5 Å². The second kappa shape index (κ2) is 6.41. The molecule has 1 aliphatic rings. The van der Waals surface area contributed by atoms with Crippen molar-refractivity contribution in [2.75, 3.05) is 13.1 Å². The molecule has 0 spiro atoms. The van der Waals surface area contributed by atoms with Gasteiger partial charge in [0.25, 0.3) is 0 Å². The molecule has 2 atom stereocenters. The Labute approximate surface area is 126 Å². The van der Waals surface area contributed by atoms with Gasteiger partial charge in [0.2, 0.25) is 5.89 Å². The van der Waals surface area contributed by atoms with Gasteiger partial charge in [-0.05, 0) is 18.9 Å². The van der Waals surface area contributed by atoms with Gasteiger partial charge < -0.3 is 9.73 Å². The molecule has 4 heteroatoms. The highest BCUT2D eigenvalue weighted by atomic mass is 16.4. The minimum atomic E-state index is 0.376. The smallest absolute Gasteiger partial charge is 0.208 e. The topological polar surface area (TPSA) is 41.3 Å². The average Bonchev–Trinajstić information content (AvgIpc) is 2.93. The number of aryl methyl sites for hydroxylation is 1. The number of piperazine rings is 1. The van der Waals surface area contributed by atoms with E-state index in [-0.39, 0.29) is 0 Å². The van der Waals surface area contributed by atoms with Gasteiger partial charge >= 0.3 is 0 Å². The first-order chi connectivity index (χ1) is 10.3. The molecule has 1 aliphatic heterocycles. The summed E-state index contributed by atoms with van der Waals surface area (Å²) in [5, 5.41) is 3.65. The molecule has 0 amide bonds. The minimum Gasteiger partial charge on any atom is -0.445 e. The van der Waals surface area contributed by atoms with Crippen LogP contribution in [0.3, 0.4) is 0 Å². The third-order valence-corrected chi connectivity index (χ3v) is 4.18. The molecule has 0 bridgehead atoms. The molecule has 0 aliphatic carbocycles. The summed E-state index contributed by atoms with van der Waals surface area (Å²) in [6.45, 7) is 6.94. The number of rotatable bonds is 4. The maximum absolute atomic E-state index is 5.67. The fraction of sp³-hybridized carbons (Fsp3) is 0.471. The average molecular weight is 285 g/mol. The van der Waals surface area contributed by atoms with Crippen molar-refractivity contribution < 1.29 is 4.42 Å². The zero-order valence-electron chi connectivity index (χ0n) is 12.7. The molecule has 0 saturated carbocycles. The molecule has 3 rings (SSSR count). The molecule has 1 aromatic heterocycles. The molecule has 1 saturated heterocycles. The number of benzene rings is 1. The second-order valence-corrected chi connectivity index (χ2v) is 5.73. The van der Waals surface area contributed by atoms with Crippen LogP contribution in [0.15, 0.2) is 40.9 Å². The van der Waals surface area contributed by atoms with Gasteiger partial charge in [0.15, 0.2) is 0 Å². The van der Waals surface area contributed by atoms with E-state index in [4.69, 9.17) is 4.42 Å². The molecule has 1 N–H and O–H groups in total. The van der Waals surface area contributed by atoms with Crippen molar-refractivity contribution in [2.45, 2.75) is 38.9 Å². The SMILES string of the molecule is CCC1CN(Cc2ncc(C)o2)C(c2ccccc2)CN1. The summed E-state index contributed by atoms with van der Waals surface area (Å²) in [5.74, 6) is 1.69. The van der Waals surface area contributed by atoms with Crippen LogP contribution in [0.4, 0.5) is 0 Å². The summed E-state index contributed by atoms with van der Waals surface area (Å²) in [5.41, 5.74) is 1.35. The van der Waals surface area contributed by atoms with Crippen molar-refractivity contribution in [3.05, 3.63) is 53.7 Å².